The van der Waals surface area contributed by atoms with Crippen LogP contribution < -0.4 is 11.0 Å². The lowest BCUT2D eigenvalue weighted by Gasteiger charge is -2.13. The highest BCUT2D eigenvalue weighted by atomic mass is 32.1. The van der Waals surface area contributed by atoms with Crippen LogP contribution in [0.4, 0.5) is 5.69 Å². The number of aromatic amines is 2. The Labute approximate surface area is 147 Å². The van der Waals surface area contributed by atoms with Gasteiger partial charge >= 0.3 is 11.7 Å². The molecule has 1 amide bonds. The molecule has 8 heteroatoms. The van der Waals surface area contributed by atoms with Gasteiger partial charge in [0, 0.05) is 12.1 Å². The average Bonchev–Trinajstić information content (AvgIpc) is 3.20. The largest absolute Gasteiger partial charge is 0.453 e. The Morgan fingerprint density at radius 3 is 2.80 bits per heavy atom. The lowest BCUT2D eigenvalue weighted by atomic mass is 10.2. The van der Waals surface area contributed by atoms with Crippen molar-refractivity contribution in [3.63, 3.8) is 0 Å². The number of fused-ring (bicyclic) bond motifs is 1. The molecular weight excluding hydrogens is 342 g/mol. The van der Waals surface area contributed by atoms with Crippen molar-refractivity contribution >= 4 is 39.9 Å². The Morgan fingerprint density at radius 1 is 1.24 bits per heavy atom. The summed E-state index contributed by atoms with van der Waals surface area (Å²) in [6.45, 7) is 1.52. The maximum Gasteiger partial charge on any atom is 0.323 e. The molecule has 3 rings (SSSR count). The summed E-state index contributed by atoms with van der Waals surface area (Å²) in [6.07, 6.45) is -0.0880. The number of H-pyrrole nitrogens is 2. The Balaban J connectivity index is 1.54. The second-order valence-corrected chi connectivity index (χ2v) is 6.37. The lowest BCUT2D eigenvalue weighted by molar-refractivity contribution is -0.153. The quantitative estimate of drug-likeness (QED) is 0.588. The molecule has 0 aliphatic heterocycles. The minimum Gasteiger partial charge on any atom is -0.453 e. The SMILES string of the molecule is C[C@@H](OC(=O)CCc1ccsc1)C(=O)Nc1ccc2[nH]c(=O)[nH]c2c1. The first-order valence-corrected chi connectivity index (χ1v) is 8.69. The molecule has 0 saturated carbocycles. The first kappa shape index (κ1) is 17.0. The maximum absolute atomic E-state index is 12.2. The summed E-state index contributed by atoms with van der Waals surface area (Å²) >= 11 is 1.57. The molecule has 3 aromatic rings. The van der Waals surface area contributed by atoms with Crippen LogP contribution in [-0.2, 0) is 20.7 Å². The highest BCUT2D eigenvalue weighted by Gasteiger charge is 2.18. The van der Waals surface area contributed by atoms with Gasteiger partial charge in [0.25, 0.3) is 5.91 Å². The number of carbonyl (C=O) groups is 2. The number of imidazole rings is 1. The van der Waals surface area contributed by atoms with Crippen molar-refractivity contribution in [2.24, 2.45) is 0 Å². The van der Waals surface area contributed by atoms with E-state index in [1.807, 2.05) is 16.8 Å². The van der Waals surface area contributed by atoms with Gasteiger partial charge < -0.3 is 20.0 Å². The van der Waals surface area contributed by atoms with Crippen molar-refractivity contribution in [1.82, 2.24) is 9.97 Å². The van der Waals surface area contributed by atoms with Crippen molar-refractivity contribution in [3.8, 4) is 0 Å². The molecule has 0 radical (unpaired) electrons. The van der Waals surface area contributed by atoms with E-state index >= 15 is 0 Å². The van der Waals surface area contributed by atoms with Crippen LogP contribution in [-0.4, -0.2) is 27.9 Å². The lowest BCUT2D eigenvalue weighted by Crippen LogP contribution is -2.30. The van der Waals surface area contributed by atoms with Crippen molar-refractivity contribution in [1.29, 1.82) is 0 Å². The number of rotatable bonds is 6. The van der Waals surface area contributed by atoms with Crippen molar-refractivity contribution in [3.05, 3.63) is 51.1 Å². The average molecular weight is 359 g/mol. The molecule has 130 valence electrons. The van der Waals surface area contributed by atoms with Gasteiger partial charge in [-0.2, -0.15) is 11.3 Å². The van der Waals surface area contributed by atoms with E-state index in [1.165, 1.54) is 6.92 Å². The number of anilines is 1. The van der Waals surface area contributed by atoms with E-state index in [1.54, 1.807) is 29.5 Å². The van der Waals surface area contributed by atoms with E-state index in [9.17, 15) is 14.4 Å². The molecular formula is C17H17N3O4S. The highest BCUT2D eigenvalue weighted by Crippen LogP contribution is 2.15. The normalized spacial score (nSPS) is 12.0. The fraction of sp³-hybridized carbons (Fsp3) is 0.235. The van der Waals surface area contributed by atoms with Crippen molar-refractivity contribution in [2.45, 2.75) is 25.9 Å². The summed E-state index contributed by atoms with van der Waals surface area (Å²) < 4.78 is 5.16. The highest BCUT2D eigenvalue weighted by molar-refractivity contribution is 7.07. The number of ether oxygens (including phenoxy) is 1. The second-order valence-electron chi connectivity index (χ2n) is 5.59. The molecule has 0 saturated heterocycles. The number of amides is 1. The Hall–Kier alpha value is -2.87. The summed E-state index contributed by atoms with van der Waals surface area (Å²) in [5.74, 6) is -0.847. The van der Waals surface area contributed by atoms with Gasteiger partial charge in [-0.15, -0.1) is 0 Å². The molecule has 0 aliphatic carbocycles. The molecule has 7 nitrogen and oxygen atoms in total. The second kappa shape index (κ2) is 7.35. The van der Waals surface area contributed by atoms with Gasteiger partial charge in [0.05, 0.1) is 11.0 Å². The van der Waals surface area contributed by atoms with Gasteiger partial charge in [0.15, 0.2) is 6.10 Å². The minimum atomic E-state index is -0.907. The molecule has 1 aromatic carbocycles. The molecule has 0 aliphatic rings. The van der Waals surface area contributed by atoms with E-state index in [2.05, 4.69) is 15.3 Å². The van der Waals surface area contributed by atoms with E-state index in [-0.39, 0.29) is 12.1 Å². The minimum absolute atomic E-state index is 0.227. The van der Waals surface area contributed by atoms with Gasteiger partial charge in [-0.3, -0.25) is 9.59 Å². The summed E-state index contributed by atoms with van der Waals surface area (Å²) in [5.41, 5.74) is 2.51. The summed E-state index contributed by atoms with van der Waals surface area (Å²) in [6, 6.07) is 6.93. The fourth-order valence-corrected chi connectivity index (χ4v) is 3.05. The molecule has 3 N–H and O–H groups in total. The third kappa shape index (κ3) is 4.36. The number of benzene rings is 1. The van der Waals surface area contributed by atoms with Gasteiger partial charge in [-0.05, 0) is 53.9 Å². The third-order valence-electron chi connectivity index (χ3n) is 3.66. The molecule has 25 heavy (non-hydrogen) atoms. The van der Waals surface area contributed by atoms with Crippen molar-refractivity contribution < 1.29 is 14.3 Å². The molecule has 0 fully saturated rings. The van der Waals surface area contributed by atoms with Gasteiger partial charge in [-0.25, -0.2) is 4.79 Å². The molecule has 2 aromatic heterocycles. The van der Waals surface area contributed by atoms with E-state index in [4.69, 9.17) is 4.74 Å². The van der Waals surface area contributed by atoms with Crippen LogP contribution in [0.25, 0.3) is 11.0 Å². The molecule has 0 bridgehead atoms. The zero-order chi connectivity index (χ0) is 17.8. The number of thiophene rings is 1. The zero-order valence-electron chi connectivity index (χ0n) is 13.5. The predicted molar refractivity (Wildman–Crippen MR) is 95.7 cm³/mol. The molecule has 0 spiro atoms. The molecule has 0 unspecified atom stereocenters. The van der Waals surface area contributed by atoms with Crippen LogP contribution in [0.3, 0.4) is 0 Å². The summed E-state index contributed by atoms with van der Waals surface area (Å²) in [7, 11) is 0. The first-order chi connectivity index (χ1) is 12.0. The zero-order valence-corrected chi connectivity index (χ0v) is 14.3. The Kier molecular flexibility index (Phi) is 4.99. The number of hydrogen-bond acceptors (Lipinski definition) is 5. The van der Waals surface area contributed by atoms with Crippen LogP contribution >= 0.6 is 11.3 Å². The van der Waals surface area contributed by atoms with Crippen LogP contribution in [0.1, 0.15) is 18.9 Å². The number of aromatic nitrogens is 2. The standard InChI is InChI=1S/C17H17N3O4S/c1-10(24-15(21)5-2-11-6-7-25-9-11)16(22)18-12-3-4-13-14(8-12)20-17(23)19-13/h3-4,6-10H,2,5H2,1H3,(H,18,22)(H2,19,20,23)/t10-/m1/s1. The number of hydrogen-bond donors (Lipinski definition) is 3. The molecule has 1 atom stereocenters. The third-order valence-corrected chi connectivity index (χ3v) is 4.39. The number of aryl methyl sites for hydroxylation is 1. The Bertz CT molecular complexity index is 942. The van der Waals surface area contributed by atoms with E-state index in [0.29, 0.717) is 23.1 Å². The van der Waals surface area contributed by atoms with E-state index < -0.39 is 18.0 Å². The topological polar surface area (TPSA) is 104 Å². The number of esters is 1. The molecule has 2 heterocycles. The van der Waals surface area contributed by atoms with Gasteiger partial charge in [-0.1, -0.05) is 0 Å². The van der Waals surface area contributed by atoms with Crippen LogP contribution in [0.15, 0.2) is 39.8 Å². The predicted octanol–water partition coefficient (Wildman–Crippen LogP) is 2.42. The number of carbonyl (C=O) groups excluding carboxylic acids is 2. The summed E-state index contributed by atoms with van der Waals surface area (Å²) in [5, 5.41) is 6.59. The Morgan fingerprint density at radius 2 is 2.04 bits per heavy atom. The first-order valence-electron chi connectivity index (χ1n) is 7.75. The monoisotopic (exact) mass is 359 g/mol. The van der Waals surface area contributed by atoms with E-state index in [0.717, 1.165) is 5.56 Å². The smallest absolute Gasteiger partial charge is 0.323 e. The fourth-order valence-electron chi connectivity index (χ4n) is 2.35. The van der Waals surface area contributed by atoms with Crippen LogP contribution in [0, 0.1) is 0 Å². The van der Waals surface area contributed by atoms with Crippen LogP contribution in [0.2, 0.25) is 0 Å². The van der Waals surface area contributed by atoms with Gasteiger partial charge in [0.1, 0.15) is 0 Å². The van der Waals surface area contributed by atoms with Crippen molar-refractivity contribution in [2.75, 3.05) is 5.32 Å². The van der Waals surface area contributed by atoms with Gasteiger partial charge in [0.2, 0.25) is 0 Å². The maximum atomic E-state index is 12.2. The van der Waals surface area contributed by atoms with Crippen LogP contribution in [0.5, 0.6) is 0 Å². The summed E-state index contributed by atoms with van der Waals surface area (Å²) in [4.78, 5) is 40.5. The number of nitrogens with one attached hydrogen (secondary N) is 3.